The number of carbonyl (C=O) groups is 1. The number of thioether (sulfide) groups is 1. The molecule has 116 valence electrons. The van der Waals surface area contributed by atoms with Gasteiger partial charge in [-0.05, 0) is 36.5 Å². The lowest BCUT2D eigenvalue weighted by Gasteiger charge is -2.23. The summed E-state index contributed by atoms with van der Waals surface area (Å²) in [5, 5.41) is 6.20. The summed E-state index contributed by atoms with van der Waals surface area (Å²) in [6, 6.07) is 4.04. The Morgan fingerprint density at radius 3 is 2.52 bits per heavy atom. The topological polar surface area (TPSA) is 54.0 Å². The van der Waals surface area contributed by atoms with Crippen LogP contribution < -0.4 is 10.6 Å². The zero-order chi connectivity index (χ0) is 15.5. The number of anilines is 1. The molecule has 0 aliphatic carbocycles. The smallest absolute Gasteiger partial charge is 0.251 e. The number of aromatic nitrogens is 1. The van der Waals surface area contributed by atoms with Gasteiger partial charge in [0.15, 0.2) is 0 Å². The predicted molar refractivity (Wildman–Crippen MR) is 90.3 cm³/mol. The van der Waals surface area contributed by atoms with Crippen LogP contribution in [0.15, 0.2) is 12.1 Å². The molecule has 0 aromatic carbocycles. The van der Waals surface area contributed by atoms with Crippen molar-refractivity contribution in [3.05, 3.63) is 23.4 Å². The molecule has 1 aromatic rings. The molecule has 21 heavy (non-hydrogen) atoms. The van der Waals surface area contributed by atoms with Crippen molar-refractivity contribution in [3.63, 3.8) is 0 Å². The number of hydrogen-bond donors (Lipinski definition) is 2. The van der Waals surface area contributed by atoms with Crippen molar-refractivity contribution in [3.8, 4) is 0 Å². The Bertz CT molecular complexity index is 505. The maximum atomic E-state index is 12.5. The summed E-state index contributed by atoms with van der Waals surface area (Å²) in [6.45, 7) is 6.32. The first-order valence-corrected chi connectivity index (χ1v) is 8.64. The molecule has 5 heteroatoms. The highest BCUT2D eigenvalue weighted by atomic mass is 32.2. The van der Waals surface area contributed by atoms with E-state index >= 15 is 0 Å². The summed E-state index contributed by atoms with van der Waals surface area (Å²) in [7, 11) is 1.83. The summed E-state index contributed by atoms with van der Waals surface area (Å²) < 4.78 is 0. The first-order chi connectivity index (χ1) is 9.90. The molecule has 1 saturated heterocycles. The van der Waals surface area contributed by atoms with Gasteiger partial charge in [0.1, 0.15) is 5.82 Å². The van der Waals surface area contributed by atoms with E-state index in [9.17, 15) is 4.79 Å². The lowest BCUT2D eigenvalue weighted by atomic mass is 9.90. The maximum absolute atomic E-state index is 12.5. The number of carbonyl (C=O) groups excluding carboxylic acids is 1. The van der Waals surface area contributed by atoms with Crippen molar-refractivity contribution in [1.29, 1.82) is 0 Å². The van der Waals surface area contributed by atoms with Gasteiger partial charge in [-0.25, -0.2) is 4.98 Å². The largest absolute Gasteiger partial charge is 0.373 e. The van der Waals surface area contributed by atoms with Gasteiger partial charge in [0.25, 0.3) is 5.91 Å². The molecule has 2 rings (SSSR count). The van der Waals surface area contributed by atoms with Gasteiger partial charge in [-0.2, -0.15) is 11.8 Å². The van der Waals surface area contributed by atoms with Crippen molar-refractivity contribution >= 4 is 23.5 Å². The third-order valence-electron chi connectivity index (χ3n) is 3.67. The summed E-state index contributed by atoms with van der Waals surface area (Å²) in [5.41, 5.74) is 1.54. The molecule has 1 amide bonds. The van der Waals surface area contributed by atoms with E-state index < -0.39 is 0 Å². The van der Waals surface area contributed by atoms with Crippen molar-refractivity contribution in [2.75, 3.05) is 23.9 Å². The van der Waals surface area contributed by atoms with Crippen LogP contribution in [0.4, 0.5) is 5.82 Å². The van der Waals surface area contributed by atoms with E-state index in [-0.39, 0.29) is 11.3 Å². The van der Waals surface area contributed by atoms with Crippen LogP contribution in [0.25, 0.3) is 0 Å². The second-order valence-corrected chi connectivity index (χ2v) is 7.71. The average molecular weight is 307 g/mol. The minimum absolute atomic E-state index is 0.0105. The van der Waals surface area contributed by atoms with Gasteiger partial charge in [-0.1, -0.05) is 20.8 Å². The molecule has 1 aliphatic rings. The average Bonchev–Trinajstić information content (AvgIpc) is 2.46. The standard InChI is InChI=1S/C16H25N3OS/c1-16(2,3)13-9-11(10-14(17-4)19-13)15(20)18-12-5-7-21-8-6-12/h9-10,12H,5-8H2,1-4H3,(H,17,19)(H,18,20). The molecule has 2 N–H and O–H groups in total. The van der Waals surface area contributed by atoms with E-state index in [4.69, 9.17) is 0 Å². The number of nitrogens with one attached hydrogen (secondary N) is 2. The minimum Gasteiger partial charge on any atom is -0.373 e. The molecule has 1 fully saturated rings. The first-order valence-electron chi connectivity index (χ1n) is 7.49. The highest BCUT2D eigenvalue weighted by Crippen LogP contribution is 2.24. The monoisotopic (exact) mass is 307 g/mol. The molecular formula is C16H25N3OS. The minimum atomic E-state index is -0.0800. The zero-order valence-corrected chi connectivity index (χ0v) is 14.1. The zero-order valence-electron chi connectivity index (χ0n) is 13.3. The molecule has 0 radical (unpaired) electrons. The lowest BCUT2D eigenvalue weighted by molar-refractivity contribution is 0.0934. The van der Waals surface area contributed by atoms with Crippen molar-refractivity contribution in [1.82, 2.24) is 10.3 Å². The van der Waals surface area contributed by atoms with Gasteiger partial charge in [-0.15, -0.1) is 0 Å². The summed E-state index contributed by atoms with van der Waals surface area (Å²) >= 11 is 1.96. The second kappa shape index (κ2) is 6.69. The number of rotatable bonds is 3. The van der Waals surface area contributed by atoms with E-state index in [0.717, 1.165) is 35.9 Å². The third-order valence-corrected chi connectivity index (χ3v) is 4.72. The van der Waals surface area contributed by atoms with Crippen LogP contribution in [0, 0.1) is 0 Å². The van der Waals surface area contributed by atoms with E-state index in [1.54, 1.807) is 0 Å². The number of hydrogen-bond acceptors (Lipinski definition) is 4. The quantitative estimate of drug-likeness (QED) is 0.901. The van der Waals surface area contributed by atoms with Gasteiger partial charge >= 0.3 is 0 Å². The Kier molecular flexibility index (Phi) is 5.14. The summed E-state index contributed by atoms with van der Waals surface area (Å²) in [6.07, 6.45) is 2.12. The summed E-state index contributed by atoms with van der Waals surface area (Å²) in [5.74, 6) is 3.02. The molecule has 1 aliphatic heterocycles. The van der Waals surface area contributed by atoms with E-state index in [1.165, 1.54) is 0 Å². The number of pyridine rings is 1. The molecule has 0 unspecified atom stereocenters. The van der Waals surface area contributed by atoms with Crippen LogP contribution in [-0.2, 0) is 5.41 Å². The van der Waals surface area contributed by atoms with E-state index in [1.807, 2.05) is 30.9 Å². The van der Waals surface area contributed by atoms with Crippen LogP contribution in [-0.4, -0.2) is 35.5 Å². The Labute approximate surface area is 131 Å². The molecule has 0 bridgehead atoms. The van der Waals surface area contributed by atoms with Gasteiger partial charge in [0, 0.05) is 29.8 Å². The number of nitrogens with zero attached hydrogens (tertiary/aromatic N) is 1. The van der Waals surface area contributed by atoms with E-state index in [2.05, 4.69) is 36.4 Å². The van der Waals surface area contributed by atoms with Gasteiger partial charge < -0.3 is 10.6 Å². The lowest BCUT2D eigenvalue weighted by Crippen LogP contribution is -2.37. The second-order valence-electron chi connectivity index (χ2n) is 6.49. The van der Waals surface area contributed by atoms with Crippen molar-refractivity contribution < 1.29 is 4.79 Å². The van der Waals surface area contributed by atoms with Gasteiger partial charge in [0.2, 0.25) is 0 Å². The highest BCUT2D eigenvalue weighted by molar-refractivity contribution is 7.99. The number of amides is 1. The van der Waals surface area contributed by atoms with Crippen molar-refractivity contribution in [2.24, 2.45) is 0 Å². The van der Waals surface area contributed by atoms with Crippen LogP contribution in [0.1, 0.15) is 49.7 Å². The third kappa shape index (κ3) is 4.37. The Hall–Kier alpha value is -1.23. The molecule has 0 spiro atoms. The highest BCUT2D eigenvalue weighted by Gasteiger charge is 2.21. The van der Waals surface area contributed by atoms with Crippen LogP contribution >= 0.6 is 11.8 Å². The maximum Gasteiger partial charge on any atom is 0.251 e. The van der Waals surface area contributed by atoms with Gasteiger partial charge in [0.05, 0.1) is 0 Å². The predicted octanol–water partition coefficient (Wildman–Crippen LogP) is 3.05. The Morgan fingerprint density at radius 2 is 1.95 bits per heavy atom. The molecule has 4 nitrogen and oxygen atoms in total. The molecular weight excluding hydrogens is 282 g/mol. The first kappa shape index (κ1) is 16.1. The fraction of sp³-hybridized carbons (Fsp3) is 0.625. The fourth-order valence-electron chi connectivity index (χ4n) is 2.28. The van der Waals surface area contributed by atoms with E-state index in [0.29, 0.717) is 11.6 Å². The molecule has 0 saturated carbocycles. The van der Waals surface area contributed by atoms with Crippen LogP contribution in [0.3, 0.4) is 0 Å². The molecule has 2 heterocycles. The molecule has 1 aromatic heterocycles. The van der Waals surface area contributed by atoms with Gasteiger partial charge in [-0.3, -0.25) is 4.79 Å². The van der Waals surface area contributed by atoms with Crippen LogP contribution in [0.5, 0.6) is 0 Å². The fourth-order valence-corrected chi connectivity index (χ4v) is 3.39. The normalized spacial score (nSPS) is 16.6. The summed E-state index contributed by atoms with van der Waals surface area (Å²) in [4.78, 5) is 17.0. The van der Waals surface area contributed by atoms with Crippen LogP contribution in [0.2, 0.25) is 0 Å². The molecule has 0 atom stereocenters. The SMILES string of the molecule is CNc1cc(C(=O)NC2CCSCC2)cc(C(C)(C)C)n1. The Balaban J connectivity index is 2.19. The van der Waals surface area contributed by atoms with Crippen molar-refractivity contribution in [2.45, 2.75) is 45.1 Å². The Morgan fingerprint density at radius 1 is 1.29 bits per heavy atom.